The highest BCUT2D eigenvalue weighted by Gasteiger charge is 2.27. The summed E-state index contributed by atoms with van der Waals surface area (Å²) in [5.41, 5.74) is 1.54. The Morgan fingerprint density at radius 1 is 1.02 bits per heavy atom. The predicted octanol–water partition coefficient (Wildman–Crippen LogP) is 2.53. The van der Waals surface area contributed by atoms with Gasteiger partial charge in [0.15, 0.2) is 12.1 Å². The average Bonchev–Trinajstić information content (AvgIpc) is 3.62. The van der Waals surface area contributed by atoms with Gasteiger partial charge in [-0.3, -0.25) is 23.7 Å². The number of fused-ring (bicyclic) bond motifs is 1. The van der Waals surface area contributed by atoms with E-state index in [1.165, 1.54) is 6.39 Å². The summed E-state index contributed by atoms with van der Waals surface area (Å²) in [6, 6.07) is 4.31. The number of oxazole rings is 1. The lowest BCUT2D eigenvalue weighted by Crippen LogP contribution is -2.50. The van der Waals surface area contributed by atoms with Gasteiger partial charge in [-0.05, 0) is 43.4 Å². The smallest absolute Gasteiger partial charge is 0.326 e. The van der Waals surface area contributed by atoms with E-state index in [1.54, 1.807) is 27.7 Å². The van der Waals surface area contributed by atoms with Crippen molar-refractivity contribution >= 4 is 34.7 Å². The van der Waals surface area contributed by atoms with E-state index in [9.17, 15) is 24.0 Å². The van der Waals surface area contributed by atoms with E-state index < -0.39 is 6.04 Å². The molecule has 4 N–H and O–H groups in total. The van der Waals surface area contributed by atoms with Crippen molar-refractivity contribution in [2.45, 2.75) is 78.3 Å². The molecule has 1 aromatic carbocycles. The van der Waals surface area contributed by atoms with E-state index in [0.29, 0.717) is 74.2 Å². The summed E-state index contributed by atoms with van der Waals surface area (Å²) in [4.78, 5) is 73.8. The van der Waals surface area contributed by atoms with Crippen LogP contribution in [0, 0.1) is 5.92 Å². The Labute approximate surface area is 256 Å². The van der Waals surface area contributed by atoms with Gasteiger partial charge in [-0.25, -0.2) is 9.78 Å². The van der Waals surface area contributed by atoms with Crippen molar-refractivity contribution in [1.82, 2.24) is 35.4 Å². The first-order valence-electron chi connectivity index (χ1n) is 15.4. The van der Waals surface area contributed by atoms with Crippen LogP contribution in [0.3, 0.4) is 0 Å². The zero-order valence-corrected chi connectivity index (χ0v) is 25.9. The van der Waals surface area contributed by atoms with Crippen molar-refractivity contribution in [3.8, 4) is 0 Å². The minimum Gasteiger partial charge on any atom is -0.447 e. The first kappa shape index (κ1) is 32.5. The number of carbonyl (C=O) groups is 4. The van der Waals surface area contributed by atoms with E-state index in [1.807, 2.05) is 27.7 Å². The number of hydrogen-bond donors (Lipinski definition) is 4. The molecule has 4 amide bonds. The molecule has 3 heterocycles. The number of nitrogens with one attached hydrogen (secondary N) is 4. The van der Waals surface area contributed by atoms with Crippen LogP contribution in [0.1, 0.15) is 92.3 Å². The number of carbonyl (C=O) groups excluding carboxylic acids is 4. The van der Waals surface area contributed by atoms with Crippen LogP contribution in [-0.2, 0) is 16.1 Å². The quantitative estimate of drug-likeness (QED) is 0.352. The van der Waals surface area contributed by atoms with Crippen LogP contribution in [-0.4, -0.2) is 75.3 Å². The molecule has 4 rings (SSSR count). The number of imidazole rings is 1. The average molecular weight is 610 g/mol. The van der Waals surface area contributed by atoms with Crippen molar-refractivity contribution in [2.24, 2.45) is 5.92 Å². The lowest BCUT2D eigenvalue weighted by molar-refractivity contribution is -0.130. The number of amides is 4. The van der Waals surface area contributed by atoms with E-state index in [0.717, 1.165) is 0 Å². The highest BCUT2D eigenvalue weighted by molar-refractivity contribution is 5.97. The van der Waals surface area contributed by atoms with Crippen LogP contribution >= 0.6 is 0 Å². The number of aromatic nitrogens is 3. The van der Waals surface area contributed by atoms with Crippen LogP contribution in [0.15, 0.2) is 33.8 Å². The molecule has 13 nitrogen and oxygen atoms in total. The highest BCUT2D eigenvalue weighted by atomic mass is 16.3. The molecule has 0 saturated heterocycles. The number of hydrogen-bond acceptors (Lipinski definition) is 7. The van der Waals surface area contributed by atoms with Gasteiger partial charge < -0.3 is 30.3 Å². The molecule has 44 heavy (non-hydrogen) atoms. The second-order valence-electron chi connectivity index (χ2n) is 11.6. The van der Waals surface area contributed by atoms with Gasteiger partial charge in [0.05, 0.1) is 11.0 Å². The number of benzene rings is 1. The van der Waals surface area contributed by atoms with Crippen molar-refractivity contribution in [1.29, 1.82) is 0 Å². The van der Waals surface area contributed by atoms with E-state index >= 15 is 0 Å². The third-order valence-corrected chi connectivity index (χ3v) is 8.04. The van der Waals surface area contributed by atoms with Gasteiger partial charge in [0.2, 0.25) is 11.8 Å². The fourth-order valence-corrected chi connectivity index (χ4v) is 5.32. The van der Waals surface area contributed by atoms with Crippen molar-refractivity contribution < 1.29 is 23.6 Å². The Balaban J connectivity index is 1.57. The molecule has 2 atom stereocenters. The number of H-pyrrole nitrogens is 1. The molecule has 0 radical (unpaired) electrons. The van der Waals surface area contributed by atoms with E-state index in [2.05, 4.69) is 25.9 Å². The molecular weight excluding hydrogens is 566 g/mol. The van der Waals surface area contributed by atoms with E-state index in [-0.39, 0.29) is 59.8 Å². The van der Waals surface area contributed by atoms with Crippen LogP contribution in [0.25, 0.3) is 11.0 Å². The summed E-state index contributed by atoms with van der Waals surface area (Å²) < 4.78 is 7.02. The first-order chi connectivity index (χ1) is 21.1. The van der Waals surface area contributed by atoms with Gasteiger partial charge in [0.1, 0.15) is 11.8 Å². The molecular formula is C31H43N7O6. The van der Waals surface area contributed by atoms with Gasteiger partial charge >= 0.3 is 5.69 Å². The summed E-state index contributed by atoms with van der Waals surface area (Å²) in [5, 5.41) is 8.68. The molecule has 13 heteroatoms. The fraction of sp³-hybridized carbons (Fsp3) is 0.548. The van der Waals surface area contributed by atoms with Crippen LogP contribution in [0.4, 0.5) is 0 Å². The topological polar surface area (TPSA) is 171 Å². The van der Waals surface area contributed by atoms with Gasteiger partial charge in [-0.2, -0.15) is 0 Å². The molecule has 0 aliphatic carbocycles. The molecule has 0 spiro atoms. The minimum absolute atomic E-state index is 0.0446. The van der Waals surface area contributed by atoms with E-state index in [4.69, 9.17) is 4.42 Å². The third-order valence-electron chi connectivity index (χ3n) is 8.04. The standard InChI is InChI=1S/C31H43N7O6/c1-5-20(4)25-29(41)33-13-8-16-38-23-17-21(10-11-22(23)35-31(38)43)28(40)32-12-7-15-37(14-6-9-24(39)36-25)30(42)26-27(19(2)3)44-18-34-26/h10-11,17-20,25H,5-9,12-16H2,1-4H3,(H,32,40)(H,33,41)(H,35,43)(H,36,39)/t20-,25-/m0/s1. The number of nitrogens with zero attached hydrogens (tertiary/aromatic N) is 3. The van der Waals surface area contributed by atoms with Crippen molar-refractivity contribution in [3.05, 3.63) is 52.1 Å². The normalized spacial score (nSPS) is 18.9. The summed E-state index contributed by atoms with van der Waals surface area (Å²) in [6.07, 6.45) is 3.39. The molecule has 0 saturated carbocycles. The second kappa shape index (κ2) is 14.8. The predicted molar refractivity (Wildman–Crippen MR) is 164 cm³/mol. The zero-order valence-electron chi connectivity index (χ0n) is 25.9. The Morgan fingerprint density at radius 2 is 1.75 bits per heavy atom. The third kappa shape index (κ3) is 7.74. The summed E-state index contributed by atoms with van der Waals surface area (Å²) in [5.74, 6) is -0.815. The zero-order chi connectivity index (χ0) is 31.8. The van der Waals surface area contributed by atoms with Crippen LogP contribution in [0.5, 0.6) is 0 Å². The van der Waals surface area contributed by atoms with Crippen molar-refractivity contribution in [2.75, 3.05) is 26.2 Å². The lowest BCUT2D eigenvalue weighted by Gasteiger charge is -2.25. The SMILES string of the molecule is CC[C@H](C)[C@@H]1NC(=O)CCCN(C(=O)c2ncoc2C(C)C)CCCNC(=O)c2ccc3[nH]c(=O)n(c3c2)CCCNC1=O. The summed E-state index contributed by atoms with van der Waals surface area (Å²) in [7, 11) is 0. The molecule has 1 aliphatic heterocycles. The Bertz CT molecular complexity index is 1540. The largest absolute Gasteiger partial charge is 0.447 e. The van der Waals surface area contributed by atoms with Gasteiger partial charge in [0, 0.05) is 50.6 Å². The number of rotatable bonds is 4. The maximum Gasteiger partial charge on any atom is 0.326 e. The fourth-order valence-electron chi connectivity index (χ4n) is 5.32. The summed E-state index contributed by atoms with van der Waals surface area (Å²) >= 11 is 0. The Morgan fingerprint density at radius 3 is 2.50 bits per heavy atom. The molecule has 238 valence electrons. The molecule has 0 unspecified atom stereocenters. The molecule has 1 aliphatic rings. The van der Waals surface area contributed by atoms with Crippen LogP contribution < -0.4 is 21.6 Å². The maximum atomic E-state index is 13.5. The van der Waals surface area contributed by atoms with Gasteiger partial charge in [-0.1, -0.05) is 34.1 Å². The maximum absolute atomic E-state index is 13.5. The monoisotopic (exact) mass is 609 g/mol. The second-order valence-corrected chi connectivity index (χ2v) is 11.6. The number of aromatic amines is 1. The van der Waals surface area contributed by atoms with Crippen LogP contribution in [0.2, 0.25) is 0 Å². The number of aryl methyl sites for hydroxylation is 1. The lowest BCUT2D eigenvalue weighted by atomic mass is 9.98. The van der Waals surface area contributed by atoms with Crippen molar-refractivity contribution in [3.63, 3.8) is 0 Å². The Kier molecular flexibility index (Phi) is 11.0. The summed E-state index contributed by atoms with van der Waals surface area (Å²) in [6.45, 7) is 9.24. The molecule has 2 bridgehead atoms. The van der Waals surface area contributed by atoms with Gasteiger partial charge in [0.25, 0.3) is 11.8 Å². The Hall–Kier alpha value is -4.42. The van der Waals surface area contributed by atoms with Gasteiger partial charge in [-0.15, -0.1) is 0 Å². The molecule has 2 aromatic heterocycles. The highest BCUT2D eigenvalue weighted by Crippen LogP contribution is 2.20. The minimum atomic E-state index is -0.710. The first-order valence-corrected chi connectivity index (χ1v) is 15.4. The molecule has 0 fully saturated rings. The molecule has 3 aromatic rings.